The van der Waals surface area contributed by atoms with Gasteiger partial charge in [0.1, 0.15) is 17.0 Å². The summed E-state index contributed by atoms with van der Waals surface area (Å²) < 4.78 is 10.1. The molecule has 0 aliphatic heterocycles. The Hall–Kier alpha value is -3.12. The van der Waals surface area contributed by atoms with Gasteiger partial charge in [-0.3, -0.25) is 0 Å². The Morgan fingerprint density at radius 2 is 1.81 bits per heavy atom. The van der Waals surface area contributed by atoms with Gasteiger partial charge in [0.05, 0.1) is 25.5 Å². The van der Waals surface area contributed by atoms with Gasteiger partial charge in [-0.25, -0.2) is 9.78 Å². The molecule has 0 bridgehead atoms. The van der Waals surface area contributed by atoms with E-state index >= 15 is 0 Å². The predicted molar refractivity (Wildman–Crippen MR) is 101 cm³/mol. The second kappa shape index (κ2) is 8.82. The maximum atomic E-state index is 11.5. The van der Waals surface area contributed by atoms with Crippen molar-refractivity contribution in [2.75, 3.05) is 20.8 Å². The first-order valence-corrected chi connectivity index (χ1v) is 8.11. The molecule has 6 nitrogen and oxygen atoms in total. The molecule has 0 spiro atoms. The molecule has 26 heavy (non-hydrogen) atoms. The normalized spacial score (nSPS) is 10.0. The fraction of sp³-hybridized carbons (Fsp3) is 0.200. The van der Waals surface area contributed by atoms with Crippen LogP contribution in [0.3, 0.4) is 0 Å². The SMILES string of the molecule is CCN.COC(=O)c1ccc(-c2cc(OC)c3cccc(O)c3n2)cc1. The van der Waals surface area contributed by atoms with Gasteiger partial charge in [-0.05, 0) is 30.8 Å². The van der Waals surface area contributed by atoms with E-state index in [2.05, 4.69) is 9.72 Å². The van der Waals surface area contributed by atoms with Gasteiger partial charge < -0.3 is 20.3 Å². The van der Waals surface area contributed by atoms with E-state index in [9.17, 15) is 9.90 Å². The molecule has 2 aromatic carbocycles. The number of ether oxygens (including phenoxy) is 2. The molecule has 0 aliphatic carbocycles. The van der Waals surface area contributed by atoms with Crippen molar-refractivity contribution >= 4 is 16.9 Å². The first-order valence-electron chi connectivity index (χ1n) is 8.11. The molecule has 3 aromatic rings. The zero-order chi connectivity index (χ0) is 19.1. The number of rotatable bonds is 3. The van der Waals surface area contributed by atoms with Crippen LogP contribution in [0.4, 0.5) is 0 Å². The van der Waals surface area contributed by atoms with Crippen molar-refractivity contribution in [1.82, 2.24) is 4.98 Å². The topological polar surface area (TPSA) is 94.7 Å². The van der Waals surface area contributed by atoms with Crippen molar-refractivity contribution in [2.24, 2.45) is 5.73 Å². The van der Waals surface area contributed by atoms with Crippen LogP contribution in [-0.2, 0) is 4.74 Å². The standard InChI is InChI=1S/C18H15NO4.C2H7N/c1-22-16-10-14(19-17-13(16)4-3-5-15(17)20)11-6-8-12(9-7-11)18(21)23-2;1-2-3/h3-10,20H,1-2H3;2-3H2,1H3. The summed E-state index contributed by atoms with van der Waals surface area (Å²) in [6, 6.07) is 13.9. The minimum absolute atomic E-state index is 0.0915. The van der Waals surface area contributed by atoms with Crippen LogP contribution in [0.2, 0.25) is 0 Å². The summed E-state index contributed by atoms with van der Waals surface area (Å²) in [5.74, 6) is 0.324. The van der Waals surface area contributed by atoms with Crippen molar-refractivity contribution in [2.45, 2.75) is 6.92 Å². The minimum atomic E-state index is -0.391. The van der Waals surface area contributed by atoms with Crippen LogP contribution >= 0.6 is 0 Å². The van der Waals surface area contributed by atoms with E-state index in [4.69, 9.17) is 10.5 Å². The molecule has 0 amide bonds. The molecule has 1 aromatic heterocycles. The number of phenolic OH excluding ortho intramolecular Hbond substituents is 1. The monoisotopic (exact) mass is 354 g/mol. The predicted octanol–water partition coefficient (Wildman–Crippen LogP) is 3.37. The molecular formula is C20H22N2O4. The van der Waals surface area contributed by atoms with E-state index < -0.39 is 5.97 Å². The molecule has 0 atom stereocenters. The van der Waals surface area contributed by atoms with Crippen molar-refractivity contribution in [1.29, 1.82) is 0 Å². The number of benzene rings is 2. The lowest BCUT2D eigenvalue weighted by atomic mass is 10.1. The second-order valence-electron chi connectivity index (χ2n) is 5.36. The molecule has 3 rings (SSSR count). The molecule has 136 valence electrons. The number of aromatic nitrogens is 1. The van der Waals surface area contributed by atoms with Crippen molar-refractivity contribution in [3.8, 4) is 22.8 Å². The van der Waals surface area contributed by atoms with Crippen LogP contribution in [0, 0.1) is 0 Å². The van der Waals surface area contributed by atoms with E-state index in [1.54, 1.807) is 49.6 Å². The summed E-state index contributed by atoms with van der Waals surface area (Å²) in [6.45, 7) is 2.65. The van der Waals surface area contributed by atoms with Gasteiger partial charge in [0, 0.05) is 17.0 Å². The molecule has 0 aliphatic rings. The average Bonchev–Trinajstić information content (AvgIpc) is 2.68. The molecule has 0 fully saturated rings. The van der Waals surface area contributed by atoms with Crippen LogP contribution < -0.4 is 10.5 Å². The van der Waals surface area contributed by atoms with Gasteiger partial charge in [0.15, 0.2) is 0 Å². The number of pyridine rings is 1. The highest BCUT2D eigenvalue weighted by molar-refractivity contribution is 5.92. The lowest BCUT2D eigenvalue weighted by Crippen LogP contribution is -2.00. The third-order valence-corrected chi connectivity index (χ3v) is 3.60. The van der Waals surface area contributed by atoms with Gasteiger partial charge in [-0.1, -0.05) is 25.1 Å². The number of esters is 1. The number of nitrogens with zero attached hydrogens (tertiary/aromatic N) is 1. The Morgan fingerprint density at radius 1 is 1.15 bits per heavy atom. The fourth-order valence-electron chi connectivity index (χ4n) is 2.41. The highest BCUT2D eigenvalue weighted by Crippen LogP contribution is 2.33. The Kier molecular flexibility index (Phi) is 6.52. The third-order valence-electron chi connectivity index (χ3n) is 3.60. The number of carbonyl (C=O) groups is 1. The smallest absolute Gasteiger partial charge is 0.337 e. The first kappa shape index (κ1) is 19.2. The van der Waals surface area contributed by atoms with Crippen LogP contribution in [0.15, 0.2) is 48.5 Å². The molecule has 1 heterocycles. The van der Waals surface area contributed by atoms with Crippen LogP contribution in [0.5, 0.6) is 11.5 Å². The number of phenols is 1. The highest BCUT2D eigenvalue weighted by Gasteiger charge is 2.12. The number of fused-ring (bicyclic) bond motifs is 1. The second-order valence-corrected chi connectivity index (χ2v) is 5.36. The molecule has 0 unspecified atom stereocenters. The number of hydrogen-bond acceptors (Lipinski definition) is 6. The lowest BCUT2D eigenvalue weighted by Gasteiger charge is -2.10. The quantitative estimate of drug-likeness (QED) is 0.700. The number of methoxy groups -OCH3 is 2. The van der Waals surface area contributed by atoms with Crippen molar-refractivity contribution < 1.29 is 19.4 Å². The Morgan fingerprint density at radius 3 is 2.38 bits per heavy atom. The maximum absolute atomic E-state index is 11.5. The lowest BCUT2D eigenvalue weighted by molar-refractivity contribution is 0.0600. The molecule has 0 saturated carbocycles. The first-order chi connectivity index (χ1) is 12.5. The summed E-state index contributed by atoms with van der Waals surface area (Å²) in [5, 5.41) is 10.8. The van der Waals surface area contributed by atoms with Gasteiger partial charge in [-0.2, -0.15) is 0 Å². The van der Waals surface area contributed by atoms with Gasteiger partial charge in [0.2, 0.25) is 0 Å². The molecule has 3 N–H and O–H groups in total. The highest BCUT2D eigenvalue weighted by atomic mass is 16.5. The number of carbonyl (C=O) groups excluding carboxylic acids is 1. The summed E-state index contributed by atoms with van der Waals surface area (Å²) in [5.41, 5.74) is 7.24. The van der Waals surface area contributed by atoms with Crippen LogP contribution in [0.25, 0.3) is 22.2 Å². The summed E-state index contributed by atoms with van der Waals surface area (Å²) in [6.07, 6.45) is 0. The van der Waals surface area contributed by atoms with Crippen molar-refractivity contribution in [3.05, 3.63) is 54.1 Å². The van der Waals surface area contributed by atoms with E-state index in [1.807, 2.05) is 13.0 Å². The van der Waals surface area contributed by atoms with E-state index in [0.717, 1.165) is 17.5 Å². The van der Waals surface area contributed by atoms with Crippen LogP contribution in [0.1, 0.15) is 17.3 Å². The largest absolute Gasteiger partial charge is 0.506 e. The Bertz CT molecular complexity index is 892. The number of para-hydroxylation sites is 1. The average molecular weight is 354 g/mol. The van der Waals surface area contributed by atoms with E-state index in [1.165, 1.54) is 7.11 Å². The Labute approximate surface area is 152 Å². The van der Waals surface area contributed by atoms with Gasteiger partial charge in [0.25, 0.3) is 0 Å². The number of nitrogens with two attached hydrogens (primary N) is 1. The molecular weight excluding hydrogens is 332 g/mol. The summed E-state index contributed by atoms with van der Waals surface area (Å²) in [4.78, 5) is 16.0. The fourth-order valence-corrected chi connectivity index (χ4v) is 2.41. The van der Waals surface area contributed by atoms with Gasteiger partial charge in [-0.15, -0.1) is 0 Å². The van der Waals surface area contributed by atoms with Crippen LogP contribution in [-0.4, -0.2) is 36.8 Å². The maximum Gasteiger partial charge on any atom is 0.337 e. The molecule has 0 saturated heterocycles. The zero-order valence-electron chi connectivity index (χ0n) is 15.0. The summed E-state index contributed by atoms with van der Waals surface area (Å²) in [7, 11) is 2.91. The van der Waals surface area contributed by atoms with E-state index in [-0.39, 0.29) is 5.75 Å². The molecule has 6 heteroatoms. The minimum Gasteiger partial charge on any atom is -0.506 e. The third kappa shape index (κ3) is 4.10. The van der Waals surface area contributed by atoms with Crippen molar-refractivity contribution in [3.63, 3.8) is 0 Å². The molecule has 0 radical (unpaired) electrons. The zero-order valence-corrected chi connectivity index (χ0v) is 15.0. The Balaban J connectivity index is 0.000000758. The van der Waals surface area contributed by atoms with E-state index in [0.29, 0.717) is 22.5 Å². The van der Waals surface area contributed by atoms with Gasteiger partial charge >= 0.3 is 5.97 Å². The number of aromatic hydroxyl groups is 1. The number of hydrogen-bond donors (Lipinski definition) is 2. The summed E-state index contributed by atoms with van der Waals surface area (Å²) >= 11 is 0.